The number of rotatable bonds is 23. The summed E-state index contributed by atoms with van der Waals surface area (Å²) in [5.41, 5.74) is 25.2. The summed E-state index contributed by atoms with van der Waals surface area (Å²) >= 11 is 0. The number of benzene rings is 1. The average molecular weight is 916 g/mol. The first-order chi connectivity index (χ1) is 30.8. The number of amides is 7. The lowest BCUT2D eigenvalue weighted by Crippen LogP contribution is -2.54. The van der Waals surface area contributed by atoms with Crippen molar-refractivity contribution in [2.75, 3.05) is 23.3 Å². The Morgan fingerprint density at radius 1 is 0.846 bits per heavy atom. The number of anilines is 3. The van der Waals surface area contributed by atoms with E-state index in [1.54, 1.807) is 26.0 Å². The van der Waals surface area contributed by atoms with E-state index in [1.807, 2.05) is 0 Å². The van der Waals surface area contributed by atoms with Crippen LogP contribution in [0.25, 0.3) is 11.2 Å². The first-order valence-electron chi connectivity index (χ1n) is 20.7. The van der Waals surface area contributed by atoms with Gasteiger partial charge in [-0.05, 0) is 68.4 Å². The third-order valence-electron chi connectivity index (χ3n) is 10.5. The van der Waals surface area contributed by atoms with Crippen molar-refractivity contribution < 1.29 is 43.5 Å². The molecule has 1 aromatic carbocycles. The van der Waals surface area contributed by atoms with Crippen LogP contribution >= 0.6 is 10.9 Å². The summed E-state index contributed by atoms with van der Waals surface area (Å²) in [5, 5.41) is 20.4. The second kappa shape index (κ2) is 21.8. The molecule has 7 amide bonds. The fourth-order valence-electron chi connectivity index (χ4n) is 7.16. The number of primary amides is 2. The third kappa shape index (κ3) is 12.6. The summed E-state index contributed by atoms with van der Waals surface area (Å²) in [6, 6.07) is 2.67. The van der Waals surface area contributed by atoms with Crippen molar-refractivity contribution in [3.05, 3.63) is 75.5 Å². The molecule has 4 heterocycles. The van der Waals surface area contributed by atoms with Gasteiger partial charge in [-0.2, -0.15) is 20.9 Å². The number of nitrogen functional groups attached to an aromatic ring is 2. The van der Waals surface area contributed by atoms with E-state index in [-0.39, 0.29) is 94.9 Å². The molecule has 23 heteroatoms. The van der Waals surface area contributed by atoms with Crippen LogP contribution in [0, 0.1) is 5.92 Å². The highest BCUT2D eigenvalue weighted by molar-refractivity contribution is 8.24. The normalized spacial score (nSPS) is 16.4. The lowest BCUT2D eigenvalue weighted by molar-refractivity contribution is -0.138. The Morgan fingerprint density at radius 3 is 2.23 bits per heavy atom. The highest BCUT2D eigenvalue weighted by atomic mass is 32.2. The molecule has 0 saturated carbocycles. The van der Waals surface area contributed by atoms with Gasteiger partial charge in [0.15, 0.2) is 17.0 Å². The third-order valence-corrected chi connectivity index (χ3v) is 13.3. The van der Waals surface area contributed by atoms with Crippen LogP contribution in [0.1, 0.15) is 92.6 Å². The van der Waals surface area contributed by atoms with Crippen molar-refractivity contribution in [1.82, 2.24) is 40.8 Å². The number of hydrogen-bond donors (Lipinski definition) is 10. The zero-order chi connectivity index (χ0) is 47.5. The number of carboxylic acid groups (broad SMARTS) is 1. The van der Waals surface area contributed by atoms with Gasteiger partial charge in [-0.25, -0.2) is 9.97 Å². The molecule has 22 nitrogen and oxygen atoms in total. The van der Waals surface area contributed by atoms with E-state index < -0.39 is 63.7 Å². The predicted octanol–water partition coefficient (Wildman–Crippen LogP) is 1.06. The molecule has 3 aromatic rings. The Hall–Kier alpha value is -7.43. The molecule has 4 atom stereocenters. The van der Waals surface area contributed by atoms with Gasteiger partial charge in [0.25, 0.3) is 17.7 Å². The SMILES string of the molecule is CC(C)[C@H](NC(=O)CCCCCN1C(=O)C=CC1=O)C(=O)N[C@@H](C)C(=O)NC1=CC=C(C(N)=O)[SH]1[C@@H](CCCC(=O)O)c1ccc(NCc2cnc3nc(N)nc(N)c3n2)cc1C(N)=O. The van der Waals surface area contributed by atoms with E-state index in [9.17, 15) is 43.5 Å². The summed E-state index contributed by atoms with van der Waals surface area (Å²) in [6.07, 6.45) is 8.49. The van der Waals surface area contributed by atoms with Crippen LogP contribution in [0.3, 0.4) is 0 Å². The molecule has 1 unspecified atom stereocenters. The number of allylic oxidation sites excluding steroid dienone is 2. The molecule has 0 spiro atoms. The van der Waals surface area contributed by atoms with Gasteiger partial charge < -0.3 is 49.3 Å². The van der Waals surface area contributed by atoms with Gasteiger partial charge in [-0.15, -0.1) is 0 Å². The van der Waals surface area contributed by atoms with Crippen LogP contribution in [0.5, 0.6) is 0 Å². The highest BCUT2D eigenvalue weighted by Crippen LogP contribution is 2.59. The van der Waals surface area contributed by atoms with Crippen molar-refractivity contribution >= 4 is 86.8 Å². The Balaban J connectivity index is 1.28. The number of fused-ring (bicyclic) bond motifs is 1. The van der Waals surface area contributed by atoms with Gasteiger partial charge in [0, 0.05) is 48.0 Å². The van der Waals surface area contributed by atoms with Crippen LogP contribution in [0.4, 0.5) is 17.5 Å². The highest BCUT2D eigenvalue weighted by Gasteiger charge is 2.35. The fraction of sp³-hybridized carbons (Fsp3) is 0.381. The van der Waals surface area contributed by atoms with Crippen molar-refractivity contribution in [2.24, 2.45) is 17.4 Å². The first-order valence-corrected chi connectivity index (χ1v) is 22.1. The molecule has 13 N–H and O–H groups in total. The van der Waals surface area contributed by atoms with Crippen molar-refractivity contribution in [2.45, 2.75) is 89.6 Å². The molecule has 2 aliphatic heterocycles. The van der Waals surface area contributed by atoms with E-state index in [0.29, 0.717) is 36.2 Å². The summed E-state index contributed by atoms with van der Waals surface area (Å²) in [4.78, 5) is 119. The van der Waals surface area contributed by atoms with Crippen LogP contribution in [-0.2, 0) is 40.1 Å². The second-order valence-corrected chi connectivity index (χ2v) is 18.0. The van der Waals surface area contributed by atoms with Gasteiger partial charge in [0.1, 0.15) is 12.1 Å². The molecule has 0 saturated heterocycles. The summed E-state index contributed by atoms with van der Waals surface area (Å²) in [5.74, 6) is -5.46. The van der Waals surface area contributed by atoms with E-state index in [0.717, 1.165) is 4.90 Å². The number of nitrogens with two attached hydrogens (primary N) is 4. The maximum Gasteiger partial charge on any atom is 0.303 e. The Bertz CT molecular complexity index is 2470. The Labute approximate surface area is 375 Å². The van der Waals surface area contributed by atoms with Crippen LogP contribution in [0.2, 0.25) is 0 Å². The number of carbonyl (C=O) groups excluding carboxylic acids is 7. The molecule has 65 heavy (non-hydrogen) atoms. The number of unbranched alkanes of at least 4 members (excludes halogenated alkanes) is 2. The summed E-state index contributed by atoms with van der Waals surface area (Å²) in [7, 11) is -1.89. The fourth-order valence-corrected chi connectivity index (χ4v) is 9.97. The molecule has 2 aromatic heterocycles. The molecule has 346 valence electrons. The number of carbonyl (C=O) groups is 8. The van der Waals surface area contributed by atoms with Crippen molar-refractivity contribution in [1.29, 1.82) is 0 Å². The Kier molecular flexibility index (Phi) is 16.3. The monoisotopic (exact) mass is 915 g/mol. The maximum absolute atomic E-state index is 13.8. The second-order valence-electron chi connectivity index (χ2n) is 15.6. The van der Waals surface area contributed by atoms with E-state index >= 15 is 0 Å². The largest absolute Gasteiger partial charge is 0.481 e. The van der Waals surface area contributed by atoms with E-state index in [4.69, 9.17) is 22.9 Å². The lowest BCUT2D eigenvalue weighted by Gasteiger charge is -2.33. The minimum absolute atomic E-state index is 0.0483. The summed E-state index contributed by atoms with van der Waals surface area (Å²) < 4.78 is 0. The molecule has 2 aliphatic rings. The lowest BCUT2D eigenvalue weighted by atomic mass is 9.99. The standard InChI is InChI=1S/C42H53N13O9S/c1-21(2)34(51-29(56)9-5-4-6-17-55-31(57)15-16-32(55)58)41(64)49-22(3)40(63)52-30-14-13-28(38(45)62)65(30)27(8-7-10-33(59)60)25-12-11-23(18-26(25)37(44)61)47-19-24-20-48-39-35(50-24)36(43)53-42(46)54-39/h11-16,18,20-22,27,34,47,65H,4-10,17,19H2,1-3H3,(H2,44,61)(H2,45,62)(H,49,64)(H,51,56)(H,52,63)(H,59,60)(H4,43,46,48,53,54)/t22-,27-,34-/m0/s1. The number of aliphatic carboxylic acids is 1. The first kappa shape index (κ1) is 48.6. The van der Waals surface area contributed by atoms with E-state index in [1.165, 1.54) is 43.5 Å². The van der Waals surface area contributed by atoms with Gasteiger partial charge in [0.05, 0.1) is 28.4 Å². The van der Waals surface area contributed by atoms with E-state index in [2.05, 4.69) is 41.2 Å². The number of imide groups is 1. The zero-order valence-electron chi connectivity index (χ0n) is 36.0. The topological polar surface area (TPSA) is 364 Å². The van der Waals surface area contributed by atoms with Crippen LogP contribution < -0.4 is 44.2 Å². The predicted molar refractivity (Wildman–Crippen MR) is 242 cm³/mol. The van der Waals surface area contributed by atoms with Gasteiger partial charge in [0.2, 0.25) is 29.6 Å². The summed E-state index contributed by atoms with van der Waals surface area (Å²) in [6.45, 7) is 5.28. The maximum atomic E-state index is 13.8. The van der Waals surface area contributed by atoms with Gasteiger partial charge >= 0.3 is 5.97 Å². The molecular weight excluding hydrogens is 863 g/mol. The van der Waals surface area contributed by atoms with Crippen LogP contribution in [0.15, 0.2) is 58.6 Å². The zero-order valence-corrected chi connectivity index (χ0v) is 36.9. The molecule has 0 bridgehead atoms. The number of thiol groups is 1. The van der Waals surface area contributed by atoms with Crippen LogP contribution in [-0.4, -0.2) is 95.9 Å². The number of aromatic nitrogens is 4. The molecule has 5 rings (SSSR count). The van der Waals surface area contributed by atoms with Crippen molar-refractivity contribution in [3.63, 3.8) is 0 Å². The molecule has 0 fully saturated rings. The van der Waals surface area contributed by atoms with Gasteiger partial charge in [-0.3, -0.25) is 43.3 Å². The Morgan fingerprint density at radius 2 is 1.57 bits per heavy atom. The molecule has 0 aliphatic carbocycles. The smallest absolute Gasteiger partial charge is 0.303 e. The number of nitrogens with zero attached hydrogens (tertiary/aromatic N) is 5. The molecule has 0 radical (unpaired) electrons. The van der Waals surface area contributed by atoms with Crippen molar-refractivity contribution in [3.8, 4) is 0 Å². The van der Waals surface area contributed by atoms with Gasteiger partial charge in [-0.1, -0.05) is 26.3 Å². The quantitative estimate of drug-likeness (QED) is 0.0361. The number of carboxylic acids is 1. The number of hydrogen-bond acceptors (Lipinski definition) is 15. The average Bonchev–Trinajstić information content (AvgIpc) is 3.81. The number of nitrogens with one attached hydrogen (secondary N) is 4. The minimum atomic E-state index is -1.89. The minimum Gasteiger partial charge on any atom is -0.481 e. The molecular formula is C42H53N13O9S.